The number of guanidine groups is 1. The zero-order valence-corrected chi connectivity index (χ0v) is 18.2. The number of ether oxygens (including phenoxy) is 1. The van der Waals surface area contributed by atoms with Crippen LogP contribution in [0.3, 0.4) is 0 Å². The molecule has 0 aromatic heterocycles. The van der Waals surface area contributed by atoms with Crippen LogP contribution in [0.4, 0.5) is 5.69 Å². The highest BCUT2D eigenvalue weighted by Crippen LogP contribution is 2.12. The maximum atomic E-state index is 11.7. The van der Waals surface area contributed by atoms with Crippen molar-refractivity contribution in [2.75, 3.05) is 25.0 Å². The first-order valence-corrected chi connectivity index (χ1v) is 9.12. The summed E-state index contributed by atoms with van der Waals surface area (Å²) in [5.74, 6) is 0.801. The lowest BCUT2D eigenvalue weighted by atomic mass is 10.2. The number of hydrogen-bond acceptors (Lipinski definition) is 3. The molecule has 0 radical (unpaired) electrons. The smallest absolute Gasteiger partial charge is 0.226 e. The Labute approximate surface area is 173 Å². The average molecular weight is 474 g/mol. The maximum absolute atomic E-state index is 11.7. The van der Waals surface area contributed by atoms with Gasteiger partial charge in [-0.1, -0.05) is 26.0 Å². The molecule has 1 fully saturated rings. The highest BCUT2D eigenvalue weighted by molar-refractivity contribution is 14.0. The molecule has 1 heterocycles. The number of nitrogens with one attached hydrogen (secondary N) is 3. The minimum absolute atomic E-state index is 0. The molecule has 1 unspecified atom stereocenters. The summed E-state index contributed by atoms with van der Waals surface area (Å²) in [7, 11) is 0. The fraction of sp³-hybridized carbons (Fsp3) is 0.579. The van der Waals surface area contributed by atoms with Gasteiger partial charge in [-0.05, 0) is 37.5 Å². The number of halogens is 1. The zero-order valence-electron chi connectivity index (χ0n) is 15.9. The van der Waals surface area contributed by atoms with Crippen molar-refractivity contribution in [2.45, 2.75) is 46.3 Å². The van der Waals surface area contributed by atoms with Gasteiger partial charge >= 0.3 is 0 Å². The monoisotopic (exact) mass is 474 g/mol. The van der Waals surface area contributed by atoms with Crippen LogP contribution in [-0.2, 0) is 16.1 Å². The Bertz CT molecular complexity index is 569. The van der Waals surface area contributed by atoms with Crippen LogP contribution >= 0.6 is 24.0 Å². The van der Waals surface area contributed by atoms with Crippen LogP contribution in [0.25, 0.3) is 0 Å². The van der Waals surface area contributed by atoms with Crippen molar-refractivity contribution in [1.29, 1.82) is 0 Å². The molecule has 0 saturated carbocycles. The van der Waals surface area contributed by atoms with Gasteiger partial charge in [-0.15, -0.1) is 24.0 Å². The van der Waals surface area contributed by atoms with E-state index in [0.717, 1.165) is 49.7 Å². The van der Waals surface area contributed by atoms with E-state index in [4.69, 9.17) is 4.74 Å². The minimum atomic E-state index is -0.0260. The highest BCUT2D eigenvalue weighted by atomic mass is 127. The molecule has 1 saturated heterocycles. The van der Waals surface area contributed by atoms with Crippen molar-refractivity contribution in [1.82, 2.24) is 10.6 Å². The molecule has 3 N–H and O–H groups in total. The molecule has 1 aliphatic rings. The van der Waals surface area contributed by atoms with Crippen LogP contribution in [-0.4, -0.2) is 37.7 Å². The van der Waals surface area contributed by atoms with Gasteiger partial charge < -0.3 is 20.7 Å². The van der Waals surface area contributed by atoms with E-state index >= 15 is 0 Å². The minimum Gasteiger partial charge on any atom is -0.376 e. The first kappa shape index (κ1) is 22.7. The Morgan fingerprint density at radius 1 is 1.27 bits per heavy atom. The molecule has 146 valence electrons. The molecule has 2 rings (SSSR count). The molecule has 0 aliphatic carbocycles. The molecule has 7 heteroatoms. The van der Waals surface area contributed by atoms with Crippen molar-refractivity contribution in [3.63, 3.8) is 0 Å². The third-order valence-corrected chi connectivity index (χ3v) is 4.03. The molecule has 1 atom stereocenters. The van der Waals surface area contributed by atoms with Crippen LogP contribution in [0.1, 0.15) is 39.2 Å². The predicted octanol–water partition coefficient (Wildman–Crippen LogP) is 3.13. The molecule has 26 heavy (non-hydrogen) atoms. The zero-order chi connectivity index (χ0) is 18.1. The lowest BCUT2D eigenvalue weighted by molar-refractivity contribution is -0.118. The number of nitrogens with zero attached hydrogens (tertiary/aromatic N) is 1. The molecule has 1 aromatic carbocycles. The van der Waals surface area contributed by atoms with Gasteiger partial charge in [-0.25, -0.2) is 4.99 Å². The van der Waals surface area contributed by atoms with Gasteiger partial charge in [0.25, 0.3) is 0 Å². The Balaban J connectivity index is 0.00000338. The summed E-state index contributed by atoms with van der Waals surface area (Å²) in [5, 5.41) is 9.48. The average Bonchev–Trinajstić information content (AvgIpc) is 3.12. The predicted molar refractivity (Wildman–Crippen MR) is 117 cm³/mol. The normalized spacial score (nSPS) is 16.9. The van der Waals surface area contributed by atoms with E-state index in [0.29, 0.717) is 6.54 Å². The molecule has 6 nitrogen and oxygen atoms in total. The summed E-state index contributed by atoms with van der Waals surface area (Å²) in [6.45, 7) is 8.85. The standard InChI is InChI=1S/C19H30N4O2.HI/c1-4-20-19(22-13-17-6-5-11-25-17)21-12-15-7-9-16(10-8-15)23-18(24)14(2)3;/h7-10,14,17H,4-6,11-13H2,1-3H3,(H,23,24)(H2,20,21,22);1H. The van der Waals surface area contributed by atoms with Crippen LogP contribution in [0.5, 0.6) is 0 Å². The number of aliphatic imine (C=N–C) groups is 1. The van der Waals surface area contributed by atoms with E-state index < -0.39 is 0 Å². The number of benzene rings is 1. The van der Waals surface area contributed by atoms with Gasteiger partial charge in [-0.2, -0.15) is 0 Å². The number of anilines is 1. The fourth-order valence-corrected chi connectivity index (χ4v) is 2.51. The molecule has 0 spiro atoms. The number of carbonyl (C=O) groups is 1. The van der Waals surface area contributed by atoms with Crippen molar-refractivity contribution in [3.8, 4) is 0 Å². The Morgan fingerprint density at radius 3 is 2.58 bits per heavy atom. The first-order chi connectivity index (χ1) is 12.1. The maximum Gasteiger partial charge on any atom is 0.226 e. The van der Waals surface area contributed by atoms with Crippen molar-refractivity contribution in [3.05, 3.63) is 29.8 Å². The van der Waals surface area contributed by atoms with Gasteiger partial charge in [0.2, 0.25) is 5.91 Å². The van der Waals surface area contributed by atoms with E-state index in [2.05, 4.69) is 27.9 Å². The van der Waals surface area contributed by atoms with Gasteiger partial charge in [0.05, 0.1) is 12.6 Å². The summed E-state index contributed by atoms with van der Waals surface area (Å²) < 4.78 is 5.63. The Morgan fingerprint density at radius 2 is 2.00 bits per heavy atom. The fourth-order valence-electron chi connectivity index (χ4n) is 2.51. The summed E-state index contributed by atoms with van der Waals surface area (Å²) in [6, 6.07) is 7.81. The van der Waals surface area contributed by atoms with Crippen LogP contribution < -0.4 is 16.0 Å². The Kier molecular flexibility index (Phi) is 10.6. The first-order valence-electron chi connectivity index (χ1n) is 9.12. The molecular weight excluding hydrogens is 443 g/mol. The molecule has 1 aromatic rings. The van der Waals surface area contributed by atoms with Crippen molar-refractivity contribution >= 4 is 41.5 Å². The molecular formula is C19H31IN4O2. The van der Waals surface area contributed by atoms with Gasteiger partial charge in [0, 0.05) is 31.3 Å². The van der Waals surface area contributed by atoms with E-state index in [1.54, 1.807) is 0 Å². The third-order valence-electron chi connectivity index (χ3n) is 4.03. The summed E-state index contributed by atoms with van der Waals surface area (Å²) in [4.78, 5) is 16.3. The van der Waals surface area contributed by atoms with E-state index in [1.165, 1.54) is 0 Å². The molecule has 1 aliphatic heterocycles. The quantitative estimate of drug-likeness (QED) is 0.323. The summed E-state index contributed by atoms with van der Waals surface area (Å²) >= 11 is 0. The lowest BCUT2D eigenvalue weighted by Crippen LogP contribution is -2.41. The number of amides is 1. The number of rotatable bonds is 7. The van der Waals surface area contributed by atoms with Crippen molar-refractivity contribution in [2.24, 2.45) is 10.9 Å². The second-order valence-electron chi connectivity index (χ2n) is 6.55. The highest BCUT2D eigenvalue weighted by Gasteiger charge is 2.15. The van der Waals surface area contributed by atoms with E-state index in [9.17, 15) is 4.79 Å². The van der Waals surface area contributed by atoms with Gasteiger partial charge in [-0.3, -0.25) is 4.79 Å². The van der Waals surface area contributed by atoms with Crippen LogP contribution in [0.2, 0.25) is 0 Å². The lowest BCUT2D eigenvalue weighted by Gasteiger charge is -2.14. The number of carbonyl (C=O) groups excluding carboxylic acids is 1. The second kappa shape index (κ2) is 12.1. The van der Waals surface area contributed by atoms with E-state index in [-0.39, 0.29) is 41.9 Å². The van der Waals surface area contributed by atoms with Crippen LogP contribution in [0.15, 0.2) is 29.3 Å². The molecule has 0 bridgehead atoms. The van der Waals surface area contributed by atoms with Crippen LogP contribution in [0, 0.1) is 5.92 Å². The van der Waals surface area contributed by atoms with Gasteiger partial charge in [0.1, 0.15) is 0 Å². The summed E-state index contributed by atoms with van der Waals surface area (Å²) in [5.41, 5.74) is 1.91. The largest absolute Gasteiger partial charge is 0.376 e. The number of hydrogen-bond donors (Lipinski definition) is 3. The van der Waals surface area contributed by atoms with Crippen molar-refractivity contribution < 1.29 is 9.53 Å². The Hall–Kier alpha value is -1.35. The topological polar surface area (TPSA) is 74.8 Å². The van der Waals surface area contributed by atoms with E-state index in [1.807, 2.05) is 38.1 Å². The SMILES string of the molecule is CCNC(=NCc1ccc(NC(=O)C(C)C)cc1)NCC1CCCO1.I. The third kappa shape index (κ3) is 7.90. The second-order valence-corrected chi connectivity index (χ2v) is 6.55. The summed E-state index contributed by atoms with van der Waals surface area (Å²) in [6.07, 6.45) is 2.53. The van der Waals surface area contributed by atoms with Gasteiger partial charge in [0.15, 0.2) is 5.96 Å². The molecule has 1 amide bonds.